The Bertz CT molecular complexity index is 797. The molecule has 1 aromatic rings. The number of carbonyl (C=O) groups excluding carboxylic acids is 1. The fourth-order valence-corrected chi connectivity index (χ4v) is 2.60. The molecule has 28 heavy (non-hydrogen) atoms. The van der Waals surface area contributed by atoms with Gasteiger partial charge in [-0.1, -0.05) is 23.2 Å². The normalized spacial score (nSPS) is 25.8. The lowest BCUT2D eigenvalue weighted by molar-refractivity contribution is -0.475. The monoisotopic (exact) mass is 469 g/mol. The molecule has 1 aliphatic carbocycles. The first kappa shape index (κ1) is 22.8. The van der Waals surface area contributed by atoms with E-state index in [0.29, 0.717) is 12.1 Å². The first-order valence-electron chi connectivity index (χ1n) is 6.65. The molecule has 1 N–H and O–H groups in total. The van der Waals surface area contributed by atoms with E-state index in [1.807, 2.05) is 0 Å². The van der Waals surface area contributed by atoms with E-state index in [1.54, 1.807) is 0 Å². The molecule has 15 heteroatoms. The average Bonchev–Trinajstić information content (AvgIpc) is 2.55. The summed E-state index contributed by atoms with van der Waals surface area (Å²) in [5.41, 5.74) is -7.69. The van der Waals surface area contributed by atoms with Crippen LogP contribution in [0.1, 0.15) is 0 Å². The van der Waals surface area contributed by atoms with Gasteiger partial charge in [-0.05, 0) is 18.2 Å². The van der Waals surface area contributed by atoms with Crippen molar-refractivity contribution < 1.29 is 53.1 Å². The Labute approximate surface area is 157 Å². The Hall–Kier alpha value is -1.50. The molecule has 1 fully saturated rings. The van der Waals surface area contributed by atoms with Gasteiger partial charge in [-0.15, -0.1) is 0 Å². The van der Waals surface area contributed by atoms with Crippen LogP contribution in [-0.2, 0) is 4.79 Å². The third-order valence-corrected chi connectivity index (χ3v) is 4.67. The van der Waals surface area contributed by atoms with Gasteiger partial charge in [-0.2, -0.15) is 43.9 Å². The first-order valence-corrected chi connectivity index (χ1v) is 7.40. The third kappa shape index (κ3) is 2.37. The lowest BCUT2D eigenvalue weighted by Gasteiger charge is -2.51. The highest BCUT2D eigenvalue weighted by Gasteiger charge is 3.02. The summed E-state index contributed by atoms with van der Waals surface area (Å²) < 4.78 is 149. The van der Waals surface area contributed by atoms with E-state index in [9.17, 15) is 53.1 Å². The van der Waals surface area contributed by atoms with Gasteiger partial charge in [0.15, 0.2) is 0 Å². The number of nitrogens with one attached hydrogen (secondary N) is 1. The molecule has 2 rings (SSSR count). The van der Waals surface area contributed by atoms with Gasteiger partial charge >= 0.3 is 35.3 Å². The molecule has 0 unspecified atom stereocenters. The van der Waals surface area contributed by atoms with Gasteiger partial charge in [0.2, 0.25) is 0 Å². The molecule has 1 aliphatic rings. The van der Waals surface area contributed by atoms with Crippen molar-refractivity contribution in [3.05, 3.63) is 28.2 Å². The molecular formula is C13H4Cl2F11NO. The van der Waals surface area contributed by atoms with Crippen molar-refractivity contribution in [3.8, 4) is 0 Å². The number of rotatable bonds is 2. The SMILES string of the molecule is O=C(Nc1ccc(Cl)c(Cl)c1)C1(F)C(F)(F)C(F)(F)C(F)(F)C(F)(F)C1(F)F. The molecule has 0 heterocycles. The summed E-state index contributed by atoms with van der Waals surface area (Å²) in [6.07, 6.45) is 0. The smallest absolute Gasteiger partial charge is 0.323 e. The van der Waals surface area contributed by atoms with Gasteiger partial charge in [0, 0.05) is 5.69 Å². The van der Waals surface area contributed by atoms with E-state index in [0.717, 1.165) is 11.4 Å². The van der Waals surface area contributed by atoms with E-state index in [-0.39, 0.29) is 5.02 Å². The molecule has 0 atom stereocenters. The minimum atomic E-state index is -7.40. The van der Waals surface area contributed by atoms with Crippen LogP contribution in [0.5, 0.6) is 0 Å². The van der Waals surface area contributed by atoms with Crippen LogP contribution < -0.4 is 5.32 Å². The largest absolute Gasteiger partial charge is 0.384 e. The number of hydrogen-bond donors (Lipinski definition) is 1. The Morgan fingerprint density at radius 3 is 1.46 bits per heavy atom. The molecule has 0 radical (unpaired) electrons. The molecule has 1 amide bonds. The van der Waals surface area contributed by atoms with Gasteiger partial charge in [-0.25, -0.2) is 4.39 Å². The van der Waals surface area contributed by atoms with Crippen LogP contribution in [0.15, 0.2) is 18.2 Å². The van der Waals surface area contributed by atoms with Gasteiger partial charge < -0.3 is 5.32 Å². The maximum atomic E-state index is 14.5. The van der Waals surface area contributed by atoms with E-state index >= 15 is 0 Å². The Balaban J connectivity index is 2.67. The fraction of sp³-hybridized carbons (Fsp3) is 0.462. The number of anilines is 1. The van der Waals surface area contributed by atoms with Gasteiger partial charge in [0.05, 0.1) is 10.0 Å². The van der Waals surface area contributed by atoms with Crippen LogP contribution >= 0.6 is 23.2 Å². The van der Waals surface area contributed by atoms with Crippen molar-refractivity contribution in [1.29, 1.82) is 0 Å². The van der Waals surface area contributed by atoms with E-state index in [2.05, 4.69) is 0 Å². The topological polar surface area (TPSA) is 29.1 Å². The Morgan fingerprint density at radius 2 is 1.07 bits per heavy atom. The number of carbonyl (C=O) groups is 1. The maximum absolute atomic E-state index is 14.5. The lowest BCUT2D eigenvalue weighted by atomic mass is 9.71. The number of alkyl halides is 11. The summed E-state index contributed by atoms with van der Waals surface area (Å²) in [5.74, 6) is -40.1. The minimum absolute atomic E-state index is 0.249. The Kier molecular flexibility index (Phi) is 4.88. The molecular weight excluding hydrogens is 466 g/mol. The molecule has 0 aromatic heterocycles. The second-order valence-corrected chi connectivity index (χ2v) is 6.43. The van der Waals surface area contributed by atoms with Gasteiger partial charge in [-0.3, -0.25) is 4.79 Å². The van der Waals surface area contributed by atoms with Crippen molar-refractivity contribution >= 4 is 34.8 Å². The summed E-state index contributed by atoms with van der Waals surface area (Å²) in [4.78, 5) is 11.7. The number of halogens is 13. The number of benzene rings is 1. The molecule has 1 saturated carbocycles. The van der Waals surface area contributed by atoms with Crippen molar-refractivity contribution in [2.75, 3.05) is 5.32 Å². The molecule has 2 nitrogen and oxygen atoms in total. The summed E-state index contributed by atoms with van der Waals surface area (Å²) in [5, 5.41) is 0.181. The summed E-state index contributed by atoms with van der Waals surface area (Å²) in [6, 6.07) is 1.97. The number of amides is 1. The zero-order valence-corrected chi connectivity index (χ0v) is 14.1. The van der Waals surface area contributed by atoms with Crippen LogP contribution in [-0.4, -0.2) is 41.2 Å². The molecule has 0 bridgehead atoms. The molecule has 0 aliphatic heterocycles. The fourth-order valence-electron chi connectivity index (χ4n) is 2.30. The van der Waals surface area contributed by atoms with Crippen LogP contribution in [0.25, 0.3) is 0 Å². The summed E-state index contributed by atoms with van der Waals surface area (Å²) in [7, 11) is 0. The van der Waals surface area contributed by atoms with Crippen molar-refractivity contribution in [3.63, 3.8) is 0 Å². The second kappa shape index (κ2) is 6.00. The number of hydrogen-bond acceptors (Lipinski definition) is 1. The Morgan fingerprint density at radius 1 is 0.679 bits per heavy atom. The molecule has 0 saturated heterocycles. The van der Waals surface area contributed by atoms with Crippen LogP contribution in [0.4, 0.5) is 54.0 Å². The summed E-state index contributed by atoms with van der Waals surface area (Å²) >= 11 is 10.9. The zero-order valence-electron chi connectivity index (χ0n) is 12.6. The molecule has 1 aromatic carbocycles. The summed E-state index contributed by atoms with van der Waals surface area (Å²) in [6.45, 7) is 0. The molecule has 0 spiro atoms. The van der Waals surface area contributed by atoms with Gasteiger partial charge in [0.1, 0.15) is 0 Å². The van der Waals surface area contributed by atoms with Crippen LogP contribution in [0.3, 0.4) is 0 Å². The quantitative estimate of drug-likeness (QED) is 0.542. The highest BCUT2D eigenvalue weighted by Crippen LogP contribution is 2.69. The molecule has 158 valence electrons. The van der Waals surface area contributed by atoms with Crippen LogP contribution in [0.2, 0.25) is 10.0 Å². The van der Waals surface area contributed by atoms with Crippen LogP contribution in [0, 0.1) is 0 Å². The van der Waals surface area contributed by atoms with Gasteiger partial charge in [0.25, 0.3) is 5.91 Å². The third-order valence-electron chi connectivity index (χ3n) is 3.93. The van der Waals surface area contributed by atoms with Crippen molar-refractivity contribution in [1.82, 2.24) is 0 Å². The van der Waals surface area contributed by atoms with E-state index in [1.165, 1.54) is 0 Å². The average molecular weight is 470 g/mol. The van der Waals surface area contributed by atoms with Crippen molar-refractivity contribution in [2.24, 2.45) is 0 Å². The zero-order chi connectivity index (χ0) is 22.1. The van der Waals surface area contributed by atoms with Crippen molar-refractivity contribution in [2.45, 2.75) is 35.3 Å². The highest BCUT2D eigenvalue weighted by molar-refractivity contribution is 6.42. The first-order chi connectivity index (χ1) is 12.3. The minimum Gasteiger partial charge on any atom is -0.323 e. The maximum Gasteiger partial charge on any atom is 0.384 e. The second-order valence-electron chi connectivity index (χ2n) is 5.61. The van der Waals surface area contributed by atoms with E-state index in [4.69, 9.17) is 23.2 Å². The van der Waals surface area contributed by atoms with E-state index < -0.39 is 51.9 Å². The highest BCUT2D eigenvalue weighted by atomic mass is 35.5. The standard InChI is InChI=1S/C13H4Cl2F11NO/c14-5-2-1-4(3-6(5)15)27-7(28)8(16)9(17,18)11(21,22)13(25,26)12(23,24)10(8,19)20/h1-3H,(H,27,28). The predicted octanol–water partition coefficient (Wildman–Crippen LogP) is 5.83. The predicted molar refractivity (Wildman–Crippen MR) is 73.7 cm³/mol. The lowest BCUT2D eigenvalue weighted by Crippen LogP contribution is -2.86.